The van der Waals surface area contributed by atoms with Crippen LogP contribution in [-0.2, 0) is 4.79 Å². The smallest absolute Gasteiger partial charge is 0.209 e. The number of likely N-dealkylation sites (tertiary alicyclic amines) is 1. The van der Waals surface area contributed by atoms with Crippen molar-refractivity contribution in [2.24, 2.45) is 5.41 Å². The Morgan fingerprint density at radius 3 is 2.69 bits per heavy atom. The third kappa shape index (κ3) is 1.74. The lowest BCUT2D eigenvalue weighted by Gasteiger charge is -2.47. The summed E-state index contributed by atoms with van der Waals surface area (Å²) in [5, 5.41) is 3.41. The molecule has 4 nitrogen and oxygen atoms in total. The summed E-state index contributed by atoms with van der Waals surface area (Å²) in [6, 6.07) is 0.788. The molecule has 1 N–H and O–H groups in total. The van der Waals surface area contributed by atoms with Gasteiger partial charge in [-0.2, -0.15) is 0 Å². The third-order valence-corrected chi connectivity index (χ3v) is 4.57. The highest BCUT2D eigenvalue weighted by Crippen LogP contribution is 2.46. The Bertz CT molecular complexity index is 269. The van der Waals surface area contributed by atoms with Gasteiger partial charge in [-0.05, 0) is 19.3 Å². The Labute approximate surface area is 97.0 Å². The molecule has 3 fully saturated rings. The van der Waals surface area contributed by atoms with Crippen molar-refractivity contribution >= 4 is 6.41 Å². The van der Waals surface area contributed by atoms with Crippen LogP contribution in [0.1, 0.15) is 19.3 Å². The number of hydrogen-bond acceptors (Lipinski definition) is 3. The lowest BCUT2D eigenvalue weighted by Crippen LogP contribution is -2.55. The van der Waals surface area contributed by atoms with Gasteiger partial charge in [0.15, 0.2) is 0 Å². The molecule has 1 atom stereocenters. The summed E-state index contributed by atoms with van der Waals surface area (Å²) in [7, 11) is 0. The van der Waals surface area contributed by atoms with Crippen LogP contribution in [0, 0.1) is 5.41 Å². The zero-order valence-electron chi connectivity index (χ0n) is 9.82. The number of nitrogens with one attached hydrogen (secondary N) is 1. The Morgan fingerprint density at radius 1 is 1.25 bits per heavy atom. The van der Waals surface area contributed by atoms with Crippen LogP contribution in [0.5, 0.6) is 0 Å². The van der Waals surface area contributed by atoms with E-state index in [4.69, 9.17) is 0 Å². The Hall–Kier alpha value is -0.610. The van der Waals surface area contributed by atoms with Crippen molar-refractivity contribution in [3.8, 4) is 0 Å². The van der Waals surface area contributed by atoms with Gasteiger partial charge in [-0.1, -0.05) is 0 Å². The lowest BCUT2D eigenvalue weighted by atomic mass is 9.78. The maximum absolute atomic E-state index is 10.6. The molecule has 1 aliphatic carbocycles. The van der Waals surface area contributed by atoms with Crippen molar-refractivity contribution in [2.75, 3.05) is 39.3 Å². The van der Waals surface area contributed by atoms with Gasteiger partial charge in [-0.15, -0.1) is 0 Å². The molecule has 1 unspecified atom stereocenters. The lowest BCUT2D eigenvalue weighted by molar-refractivity contribution is -0.129. The van der Waals surface area contributed by atoms with Crippen LogP contribution in [0.2, 0.25) is 0 Å². The molecular weight excluding hydrogens is 202 g/mol. The molecule has 0 aromatic carbocycles. The first-order valence-electron chi connectivity index (χ1n) is 6.45. The second-order valence-corrected chi connectivity index (χ2v) is 5.69. The van der Waals surface area contributed by atoms with Crippen molar-refractivity contribution in [3.05, 3.63) is 0 Å². The van der Waals surface area contributed by atoms with E-state index in [-0.39, 0.29) is 0 Å². The zero-order valence-corrected chi connectivity index (χ0v) is 9.82. The van der Waals surface area contributed by atoms with Gasteiger partial charge in [0.1, 0.15) is 0 Å². The first-order chi connectivity index (χ1) is 7.81. The number of carbonyl (C=O) groups excluding carboxylic acids is 1. The molecule has 3 rings (SSSR count). The summed E-state index contributed by atoms with van der Waals surface area (Å²) in [5.41, 5.74) is 0.496. The van der Waals surface area contributed by atoms with Gasteiger partial charge in [-0.25, -0.2) is 0 Å². The number of piperazine rings is 1. The normalized spacial score (nSPS) is 34.0. The highest BCUT2D eigenvalue weighted by molar-refractivity contribution is 5.49. The van der Waals surface area contributed by atoms with Crippen LogP contribution in [0.3, 0.4) is 0 Å². The first-order valence-corrected chi connectivity index (χ1v) is 6.45. The molecule has 1 spiro atoms. The van der Waals surface area contributed by atoms with Crippen molar-refractivity contribution in [1.29, 1.82) is 0 Å². The van der Waals surface area contributed by atoms with Crippen molar-refractivity contribution in [3.63, 3.8) is 0 Å². The maximum atomic E-state index is 10.6. The summed E-state index contributed by atoms with van der Waals surface area (Å²) < 4.78 is 0. The van der Waals surface area contributed by atoms with Gasteiger partial charge in [0.2, 0.25) is 6.41 Å². The predicted molar refractivity (Wildman–Crippen MR) is 62.2 cm³/mol. The SMILES string of the molecule is O=CN1CC2(CCC(N3CCNCC3)C2)C1. The minimum Gasteiger partial charge on any atom is -0.344 e. The monoisotopic (exact) mass is 223 g/mol. The molecule has 0 aromatic heterocycles. The molecule has 90 valence electrons. The van der Waals surface area contributed by atoms with Crippen LogP contribution in [0.4, 0.5) is 0 Å². The topological polar surface area (TPSA) is 35.6 Å². The fraction of sp³-hybridized carbons (Fsp3) is 0.917. The Balaban J connectivity index is 1.55. The fourth-order valence-corrected chi connectivity index (χ4v) is 3.71. The number of amides is 1. The number of carbonyl (C=O) groups is 1. The third-order valence-electron chi connectivity index (χ3n) is 4.57. The standard InChI is InChI=1S/C12H21N3O/c16-10-14-8-12(9-14)2-1-11(7-12)15-5-3-13-4-6-15/h10-11,13H,1-9H2. The van der Waals surface area contributed by atoms with Gasteiger partial charge in [0.05, 0.1) is 0 Å². The van der Waals surface area contributed by atoms with Crippen LogP contribution in [0.15, 0.2) is 0 Å². The Morgan fingerprint density at radius 2 is 2.00 bits per heavy atom. The molecule has 0 bridgehead atoms. The van der Waals surface area contributed by atoms with Gasteiger partial charge in [0, 0.05) is 50.7 Å². The first kappa shape index (κ1) is 10.5. The quantitative estimate of drug-likeness (QED) is 0.664. The van der Waals surface area contributed by atoms with E-state index in [1.165, 1.54) is 32.4 Å². The fourth-order valence-electron chi connectivity index (χ4n) is 3.71. The number of nitrogens with zero attached hydrogens (tertiary/aromatic N) is 2. The van der Waals surface area contributed by atoms with Gasteiger partial charge < -0.3 is 10.2 Å². The van der Waals surface area contributed by atoms with Gasteiger partial charge in [0.25, 0.3) is 0 Å². The molecule has 3 aliphatic rings. The minimum absolute atomic E-state index is 0.496. The largest absolute Gasteiger partial charge is 0.344 e. The van der Waals surface area contributed by atoms with Crippen molar-refractivity contribution in [2.45, 2.75) is 25.3 Å². The van der Waals surface area contributed by atoms with E-state index < -0.39 is 0 Å². The molecule has 4 heteroatoms. The second-order valence-electron chi connectivity index (χ2n) is 5.69. The molecule has 0 radical (unpaired) electrons. The second kappa shape index (κ2) is 4.00. The molecule has 1 saturated carbocycles. The maximum Gasteiger partial charge on any atom is 0.209 e. The minimum atomic E-state index is 0.496. The van der Waals surface area contributed by atoms with E-state index in [9.17, 15) is 4.79 Å². The predicted octanol–water partition coefficient (Wildman–Crippen LogP) is -0.0975. The van der Waals surface area contributed by atoms with Gasteiger partial charge in [-0.3, -0.25) is 9.69 Å². The molecule has 1 amide bonds. The van der Waals surface area contributed by atoms with Crippen LogP contribution in [-0.4, -0.2) is 61.5 Å². The average Bonchev–Trinajstić information content (AvgIpc) is 2.73. The van der Waals surface area contributed by atoms with E-state index >= 15 is 0 Å². The highest BCUT2D eigenvalue weighted by atomic mass is 16.1. The number of rotatable bonds is 2. The average molecular weight is 223 g/mol. The van der Waals surface area contributed by atoms with Crippen molar-refractivity contribution < 1.29 is 4.79 Å². The van der Waals surface area contributed by atoms with E-state index in [1.807, 2.05) is 4.90 Å². The van der Waals surface area contributed by atoms with Crippen molar-refractivity contribution in [1.82, 2.24) is 15.1 Å². The molecule has 2 heterocycles. The van der Waals surface area contributed by atoms with E-state index in [0.717, 1.165) is 38.6 Å². The molecule has 2 saturated heterocycles. The van der Waals surface area contributed by atoms with Crippen LogP contribution < -0.4 is 5.32 Å². The van der Waals surface area contributed by atoms with Gasteiger partial charge >= 0.3 is 0 Å². The summed E-state index contributed by atoms with van der Waals surface area (Å²) in [6.07, 6.45) is 4.99. The van der Waals surface area contributed by atoms with E-state index in [0.29, 0.717) is 5.41 Å². The summed E-state index contributed by atoms with van der Waals surface area (Å²) >= 11 is 0. The highest BCUT2D eigenvalue weighted by Gasteiger charge is 2.48. The molecule has 2 aliphatic heterocycles. The summed E-state index contributed by atoms with van der Waals surface area (Å²) in [6.45, 7) is 6.72. The van der Waals surface area contributed by atoms with E-state index in [2.05, 4.69) is 10.2 Å². The molecule has 16 heavy (non-hydrogen) atoms. The zero-order chi connectivity index (χ0) is 11.0. The van der Waals surface area contributed by atoms with E-state index in [1.54, 1.807) is 0 Å². The molecular formula is C12H21N3O. The Kier molecular flexibility index (Phi) is 2.64. The number of hydrogen-bond donors (Lipinski definition) is 1. The van der Waals surface area contributed by atoms with Crippen LogP contribution in [0.25, 0.3) is 0 Å². The summed E-state index contributed by atoms with van der Waals surface area (Å²) in [5.74, 6) is 0. The van der Waals surface area contributed by atoms with Crippen LogP contribution >= 0.6 is 0 Å². The summed E-state index contributed by atoms with van der Waals surface area (Å²) in [4.78, 5) is 15.2. The molecule has 0 aromatic rings.